The topological polar surface area (TPSA) is 88.4 Å². The molecular formula is C22H21BrN2O4. The fraction of sp³-hybridized carbons (Fsp3) is 0.227. The van der Waals surface area contributed by atoms with E-state index in [1.165, 1.54) is 6.08 Å². The van der Waals surface area contributed by atoms with Crippen molar-refractivity contribution < 1.29 is 19.1 Å². The fourth-order valence-corrected chi connectivity index (χ4v) is 2.99. The molecule has 0 radical (unpaired) electrons. The van der Waals surface area contributed by atoms with Crippen LogP contribution in [0.1, 0.15) is 31.0 Å². The van der Waals surface area contributed by atoms with Crippen LogP contribution in [0.5, 0.6) is 5.75 Å². The second kappa shape index (κ2) is 11.0. The predicted molar refractivity (Wildman–Crippen MR) is 113 cm³/mol. The first-order valence-electron chi connectivity index (χ1n) is 9.00. The molecular weight excluding hydrogens is 436 g/mol. The van der Waals surface area contributed by atoms with Gasteiger partial charge in [-0.1, -0.05) is 36.4 Å². The van der Waals surface area contributed by atoms with Gasteiger partial charge < -0.3 is 14.8 Å². The lowest BCUT2D eigenvalue weighted by atomic mass is 10.1. The minimum Gasteiger partial charge on any atom is -0.481 e. The summed E-state index contributed by atoms with van der Waals surface area (Å²) in [7, 11) is 0. The van der Waals surface area contributed by atoms with Gasteiger partial charge in [-0.2, -0.15) is 5.26 Å². The Morgan fingerprint density at radius 2 is 1.97 bits per heavy atom. The molecule has 0 bridgehead atoms. The summed E-state index contributed by atoms with van der Waals surface area (Å²) in [5.41, 5.74) is 1.57. The first-order valence-corrected chi connectivity index (χ1v) is 9.79. The number of rotatable bonds is 8. The van der Waals surface area contributed by atoms with Crippen LogP contribution in [0.4, 0.5) is 0 Å². The van der Waals surface area contributed by atoms with Gasteiger partial charge >= 0.3 is 5.97 Å². The molecule has 0 aliphatic carbocycles. The molecule has 1 N–H and O–H groups in total. The number of nitrogens with one attached hydrogen (secondary N) is 1. The third-order valence-corrected chi connectivity index (χ3v) is 4.55. The van der Waals surface area contributed by atoms with Gasteiger partial charge in [-0.25, -0.2) is 4.79 Å². The summed E-state index contributed by atoms with van der Waals surface area (Å²) in [6, 6.07) is 16.2. The van der Waals surface area contributed by atoms with Gasteiger partial charge in [-0.3, -0.25) is 4.79 Å². The summed E-state index contributed by atoms with van der Waals surface area (Å²) < 4.78 is 10.8. The second-order valence-electron chi connectivity index (χ2n) is 6.06. The lowest BCUT2D eigenvalue weighted by Crippen LogP contribution is -2.27. The van der Waals surface area contributed by atoms with Crippen LogP contribution < -0.4 is 10.1 Å². The number of ether oxygens (including phenoxy) is 2. The molecule has 0 heterocycles. The number of hydrogen-bond acceptors (Lipinski definition) is 5. The van der Waals surface area contributed by atoms with E-state index in [-0.39, 0.29) is 24.8 Å². The highest BCUT2D eigenvalue weighted by atomic mass is 79.9. The molecule has 0 saturated heterocycles. The quantitative estimate of drug-likeness (QED) is 0.365. The van der Waals surface area contributed by atoms with Gasteiger partial charge in [0.25, 0.3) is 5.91 Å². The highest BCUT2D eigenvalue weighted by Crippen LogP contribution is 2.27. The Labute approximate surface area is 178 Å². The van der Waals surface area contributed by atoms with E-state index < -0.39 is 11.9 Å². The molecule has 2 aromatic rings. The molecule has 2 rings (SSSR count). The van der Waals surface area contributed by atoms with Crippen molar-refractivity contribution in [3.05, 3.63) is 69.7 Å². The molecule has 0 saturated carbocycles. The van der Waals surface area contributed by atoms with Gasteiger partial charge in [-0.05, 0) is 59.1 Å². The Morgan fingerprint density at radius 1 is 1.24 bits per heavy atom. The lowest BCUT2D eigenvalue weighted by Gasteiger charge is -2.14. The molecule has 2 aromatic carbocycles. The minimum absolute atomic E-state index is 0.0140. The Kier molecular flexibility index (Phi) is 8.44. The molecule has 7 heteroatoms. The lowest BCUT2D eigenvalue weighted by molar-refractivity contribution is -0.145. The summed E-state index contributed by atoms with van der Waals surface area (Å²) >= 11 is 3.37. The van der Waals surface area contributed by atoms with E-state index in [1.807, 2.05) is 43.3 Å². The number of halogens is 1. The second-order valence-corrected chi connectivity index (χ2v) is 6.91. The van der Waals surface area contributed by atoms with E-state index in [0.717, 1.165) is 5.56 Å². The third-order valence-electron chi connectivity index (χ3n) is 3.93. The average Bonchev–Trinajstić information content (AvgIpc) is 2.72. The molecule has 6 nitrogen and oxygen atoms in total. The van der Waals surface area contributed by atoms with Crippen molar-refractivity contribution in [3.63, 3.8) is 0 Å². The Hall–Kier alpha value is -3.11. The molecule has 0 aliphatic heterocycles. The molecule has 0 aromatic heterocycles. The summed E-state index contributed by atoms with van der Waals surface area (Å²) in [6.45, 7) is 3.66. The van der Waals surface area contributed by atoms with Crippen molar-refractivity contribution in [2.24, 2.45) is 0 Å². The fourth-order valence-electron chi connectivity index (χ4n) is 2.48. The SMILES string of the molecule is CCOC(=O)COc1ccc(/C=C(\C#N)C(=O)N[C@H](C)c2ccccc2)cc1Br. The van der Waals surface area contributed by atoms with Crippen molar-refractivity contribution >= 4 is 33.9 Å². The van der Waals surface area contributed by atoms with E-state index in [1.54, 1.807) is 25.1 Å². The predicted octanol–water partition coefficient (Wildman–Crippen LogP) is 4.18. The molecule has 29 heavy (non-hydrogen) atoms. The van der Waals surface area contributed by atoms with Crippen LogP contribution in [-0.2, 0) is 14.3 Å². The first kappa shape index (κ1) is 22.2. The van der Waals surface area contributed by atoms with E-state index in [0.29, 0.717) is 15.8 Å². The van der Waals surface area contributed by atoms with Crippen molar-refractivity contribution in [2.75, 3.05) is 13.2 Å². The summed E-state index contributed by atoms with van der Waals surface area (Å²) in [5.74, 6) is -0.460. The maximum absolute atomic E-state index is 12.5. The maximum Gasteiger partial charge on any atom is 0.344 e. The number of esters is 1. The molecule has 150 valence electrons. The van der Waals surface area contributed by atoms with E-state index in [4.69, 9.17) is 9.47 Å². The van der Waals surface area contributed by atoms with Crippen LogP contribution in [0.3, 0.4) is 0 Å². The third kappa shape index (κ3) is 6.77. The summed E-state index contributed by atoms with van der Waals surface area (Å²) in [4.78, 5) is 23.9. The number of nitrogens with zero attached hydrogens (tertiary/aromatic N) is 1. The number of benzene rings is 2. The molecule has 1 atom stereocenters. The van der Waals surface area contributed by atoms with Crippen LogP contribution in [-0.4, -0.2) is 25.1 Å². The van der Waals surface area contributed by atoms with Crippen molar-refractivity contribution in [1.29, 1.82) is 5.26 Å². The van der Waals surface area contributed by atoms with Gasteiger partial charge in [0.05, 0.1) is 17.1 Å². The number of hydrogen-bond donors (Lipinski definition) is 1. The van der Waals surface area contributed by atoms with Gasteiger partial charge in [-0.15, -0.1) is 0 Å². The average molecular weight is 457 g/mol. The zero-order valence-electron chi connectivity index (χ0n) is 16.1. The van der Waals surface area contributed by atoms with Gasteiger partial charge in [0.15, 0.2) is 6.61 Å². The normalized spacial score (nSPS) is 11.9. The Morgan fingerprint density at radius 3 is 2.59 bits per heavy atom. The van der Waals surface area contributed by atoms with E-state index >= 15 is 0 Å². The smallest absolute Gasteiger partial charge is 0.344 e. The molecule has 0 aliphatic rings. The van der Waals surface area contributed by atoms with Crippen molar-refractivity contribution in [2.45, 2.75) is 19.9 Å². The zero-order chi connectivity index (χ0) is 21.2. The monoisotopic (exact) mass is 456 g/mol. The summed E-state index contributed by atoms with van der Waals surface area (Å²) in [6.07, 6.45) is 1.49. The summed E-state index contributed by atoms with van der Waals surface area (Å²) in [5, 5.41) is 12.2. The molecule has 0 spiro atoms. The number of amides is 1. The van der Waals surface area contributed by atoms with Crippen LogP contribution >= 0.6 is 15.9 Å². The van der Waals surface area contributed by atoms with Gasteiger partial charge in [0.2, 0.25) is 0 Å². The number of carbonyl (C=O) groups excluding carboxylic acids is 2. The molecule has 1 amide bonds. The van der Waals surface area contributed by atoms with Crippen LogP contribution in [0, 0.1) is 11.3 Å². The standard InChI is InChI=1S/C22H21BrN2O4/c1-3-28-21(26)14-29-20-10-9-16(12-19(20)23)11-18(13-24)22(27)25-15(2)17-7-5-4-6-8-17/h4-12,15H,3,14H2,1-2H3,(H,25,27)/b18-11+/t15-/m1/s1. The minimum atomic E-state index is -0.459. The van der Waals surface area contributed by atoms with E-state index in [9.17, 15) is 14.9 Å². The van der Waals surface area contributed by atoms with Crippen molar-refractivity contribution in [1.82, 2.24) is 5.32 Å². The van der Waals surface area contributed by atoms with Crippen LogP contribution in [0.15, 0.2) is 58.6 Å². The van der Waals surface area contributed by atoms with Crippen LogP contribution in [0.25, 0.3) is 6.08 Å². The Balaban J connectivity index is 2.08. The number of carbonyl (C=O) groups is 2. The highest BCUT2D eigenvalue weighted by Gasteiger charge is 2.14. The first-order chi connectivity index (χ1) is 13.9. The maximum atomic E-state index is 12.5. The van der Waals surface area contributed by atoms with Crippen LogP contribution in [0.2, 0.25) is 0 Å². The molecule has 0 unspecified atom stereocenters. The largest absolute Gasteiger partial charge is 0.481 e. The van der Waals surface area contributed by atoms with Gasteiger partial charge in [0, 0.05) is 0 Å². The van der Waals surface area contributed by atoms with Gasteiger partial charge in [0.1, 0.15) is 17.4 Å². The molecule has 0 fully saturated rings. The zero-order valence-corrected chi connectivity index (χ0v) is 17.7. The number of nitriles is 1. The van der Waals surface area contributed by atoms with E-state index in [2.05, 4.69) is 21.2 Å². The highest BCUT2D eigenvalue weighted by molar-refractivity contribution is 9.10. The Bertz CT molecular complexity index is 936. The van der Waals surface area contributed by atoms with Crippen molar-refractivity contribution in [3.8, 4) is 11.8 Å².